The highest BCUT2D eigenvalue weighted by Crippen LogP contribution is 2.00. The van der Waals surface area contributed by atoms with Crippen LogP contribution in [-0.4, -0.2) is 25.8 Å². The van der Waals surface area contributed by atoms with Crippen molar-refractivity contribution in [2.75, 3.05) is 19.7 Å². The Hall–Kier alpha value is -0.0800. The molecule has 0 aromatic carbocycles. The van der Waals surface area contributed by atoms with Crippen molar-refractivity contribution in [3.05, 3.63) is 0 Å². The van der Waals surface area contributed by atoms with Gasteiger partial charge in [-0.15, -0.1) is 0 Å². The van der Waals surface area contributed by atoms with Crippen LogP contribution in [-0.2, 0) is 4.74 Å². The van der Waals surface area contributed by atoms with Crippen LogP contribution >= 0.6 is 0 Å². The zero-order chi connectivity index (χ0) is 9.40. The number of hydrogen-bond donors (Lipinski definition) is 1. The molecule has 0 aliphatic rings. The Morgan fingerprint density at radius 1 is 1.25 bits per heavy atom. The largest absolute Gasteiger partial charge is 0.377 e. The minimum atomic E-state index is 0.396. The fourth-order valence-corrected chi connectivity index (χ4v) is 0.955. The molecule has 2 heteroatoms. The van der Waals surface area contributed by atoms with Crippen LogP contribution in [0.4, 0.5) is 0 Å². The molecule has 0 rings (SSSR count). The van der Waals surface area contributed by atoms with Gasteiger partial charge in [-0.2, -0.15) is 0 Å². The van der Waals surface area contributed by atoms with Crippen molar-refractivity contribution in [2.45, 2.75) is 40.2 Å². The van der Waals surface area contributed by atoms with Crippen LogP contribution in [0, 0.1) is 5.92 Å². The van der Waals surface area contributed by atoms with Gasteiger partial charge < -0.3 is 10.1 Å². The normalized spacial score (nSPS) is 13.8. The first-order chi connectivity index (χ1) is 5.70. The number of ether oxygens (including phenoxy) is 1. The van der Waals surface area contributed by atoms with E-state index in [9.17, 15) is 0 Å². The van der Waals surface area contributed by atoms with E-state index in [1.165, 1.54) is 0 Å². The lowest BCUT2D eigenvalue weighted by Gasteiger charge is -2.17. The number of likely N-dealkylation sites (N-methyl/N-ethyl adjacent to an activating group) is 1. The predicted molar refractivity (Wildman–Crippen MR) is 53.4 cm³/mol. The Morgan fingerprint density at radius 3 is 2.33 bits per heavy atom. The fraction of sp³-hybridized carbons (Fsp3) is 1.00. The minimum Gasteiger partial charge on any atom is -0.377 e. The molecule has 0 aliphatic carbocycles. The molecule has 0 saturated heterocycles. The first-order valence-electron chi connectivity index (χ1n) is 5.03. The van der Waals surface area contributed by atoms with E-state index in [0.29, 0.717) is 12.0 Å². The Kier molecular flexibility index (Phi) is 7.51. The van der Waals surface area contributed by atoms with Gasteiger partial charge in [-0.05, 0) is 18.9 Å². The van der Waals surface area contributed by atoms with Crippen molar-refractivity contribution in [3.8, 4) is 0 Å². The number of hydrogen-bond acceptors (Lipinski definition) is 2. The van der Waals surface area contributed by atoms with E-state index < -0.39 is 0 Å². The third kappa shape index (κ3) is 6.62. The molecule has 0 fully saturated rings. The average molecular weight is 173 g/mol. The second-order valence-corrected chi connectivity index (χ2v) is 3.57. The topological polar surface area (TPSA) is 21.3 Å². The van der Waals surface area contributed by atoms with Gasteiger partial charge >= 0.3 is 0 Å². The molecule has 1 atom stereocenters. The summed E-state index contributed by atoms with van der Waals surface area (Å²) in [6.07, 6.45) is 1.49. The Morgan fingerprint density at radius 2 is 1.92 bits per heavy atom. The van der Waals surface area contributed by atoms with E-state index in [0.717, 1.165) is 26.1 Å². The van der Waals surface area contributed by atoms with Gasteiger partial charge in [-0.25, -0.2) is 0 Å². The zero-order valence-electron chi connectivity index (χ0n) is 8.89. The summed E-state index contributed by atoms with van der Waals surface area (Å²) in [5.74, 6) is 0.640. The van der Waals surface area contributed by atoms with Crippen LogP contribution in [0.1, 0.15) is 34.1 Å². The summed E-state index contributed by atoms with van der Waals surface area (Å²) in [5.41, 5.74) is 0. The van der Waals surface area contributed by atoms with Gasteiger partial charge in [0.05, 0.1) is 6.10 Å². The molecule has 12 heavy (non-hydrogen) atoms. The van der Waals surface area contributed by atoms with Gasteiger partial charge in [0.2, 0.25) is 0 Å². The van der Waals surface area contributed by atoms with Gasteiger partial charge in [0.25, 0.3) is 0 Å². The molecule has 0 saturated carbocycles. The minimum absolute atomic E-state index is 0.396. The highest BCUT2D eigenvalue weighted by Gasteiger charge is 2.05. The predicted octanol–water partition coefficient (Wildman–Crippen LogP) is 2.05. The van der Waals surface area contributed by atoms with Crippen molar-refractivity contribution in [1.29, 1.82) is 0 Å². The molecule has 0 aromatic rings. The Labute approximate surface area is 76.7 Å². The molecule has 2 nitrogen and oxygen atoms in total. The summed E-state index contributed by atoms with van der Waals surface area (Å²) < 4.78 is 5.69. The quantitative estimate of drug-likeness (QED) is 0.636. The molecule has 0 amide bonds. The van der Waals surface area contributed by atoms with E-state index >= 15 is 0 Å². The van der Waals surface area contributed by atoms with E-state index in [-0.39, 0.29) is 0 Å². The smallest absolute Gasteiger partial charge is 0.0696 e. The van der Waals surface area contributed by atoms with Gasteiger partial charge in [0.15, 0.2) is 0 Å². The zero-order valence-corrected chi connectivity index (χ0v) is 8.89. The second-order valence-electron chi connectivity index (χ2n) is 3.57. The van der Waals surface area contributed by atoms with Crippen LogP contribution in [0.2, 0.25) is 0 Å². The molecule has 0 bridgehead atoms. The Balaban J connectivity index is 3.39. The van der Waals surface area contributed by atoms with Crippen LogP contribution in [0.25, 0.3) is 0 Å². The standard InChI is InChI=1S/C10H23NO/c1-5-10(7-11-6-2)12-8-9(3)4/h9-11H,5-8H2,1-4H3. The maximum atomic E-state index is 5.69. The number of rotatable bonds is 7. The first kappa shape index (κ1) is 11.9. The van der Waals surface area contributed by atoms with Crippen molar-refractivity contribution in [3.63, 3.8) is 0 Å². The van der Waals surface area contributed by atoms with Crippen LogP contribution in [0.5, 0.6) is 0 Å². The summed E-state index contributed by atoms with van der Waals surface area (Å²) in [7, 11) is 0. The molecule has 0 aliphatic heterocycles. The monoisotopic (exact) mass is 173 g/mol. The lowest BCUT2D eigenvalue weighted by molar-refractivity contribution is 0.0343. The van der Waals surface area contributed by atoms with Crippen molar-refractivity contribution in [1.82, 2.24) is 5.32 Å². The lowest BCUT2D eigenvalue weighted by Crippen LogP contribution is -2.29. The first-order valence-corrected chi connectivity index (χ1v) is 5.03. The summed E-state index contributed by atoms with van der Waals surface area (Å²) in [4.78, 5) is 0. The van der Waals surface area contributed by atoms with Crippen molar-refractivity contribution >= 4 is 0 Å². The summed E-state index contributed by atoms with van der Waals surface area (Å²) in [6, 6.07) is 0. The van der Waals surface area contributed by atoms with Crippen molar-refractivity contribution < 1.29 is 4.74 Å². The second kappa shape index (κ2) is 7.56. The Bertz CT molecular complexity index is 93.8. The molecule has 74 valence electrons. The van der Waals surface area contributed by atoms with Crippen molar-refractivity contribution in [2.24, 2.45) is 5.92 Å². The lowest BCUT2D eigenvalue weighted by atomic mass is 10.2. The average Bonchev–Trinajstić information content (AvgIpc) is 2.05. The molecule has 1 N–H and O–H groups in total. The molecule has 0 radical (unpaired) electrons. The van der Waals surface area contributed by atoms with E-state index in [1.807, 2.05) is 0 Å². The highest BCUT2D eigenvalue weighted by atomic mass is 16.5. The molecule has 1 unspecified atom stereocenters. The van der Waals surface area contributed by atoms with E-state index in [2.05, 4.69) is 33.0 Å². The summed E-state index contributed by atoms with van der Waals surface area (Å²) in [5, 5.41) is 3.30. The van der Waals surface area contributed by atoms with Crippen LogP contribution < -0.4 is 5.32 Å². The number of nitrogens with one attached hydrogen (secondary N) is 1. The third-order valence-electron chi connectivity index (χ3n) is 1.74. The highest BCUT2D eigenvalue weighted by molar-refractivity contribution is 4.59. The van der Waals surface area contributed by atoms with Gasteiger partial charge in [-0.3, -0.25) is 0 Å². The van der Waals surface area contributed by atoms with Crippen LogP contribution in [0.3, 0.4) is 0 Å². The molecule has 0 heterocycles. The summed E-state index contributed by atoms with van der Waals surface area (Å²) in [6.45, 7) is 11.5. The van der Waals surface area contributed by atoms with Crippen LogP contribution in [0.15, 0.2) is 0 Å². The molecular formula is C10H23NO. The molecular weight excluding hydrogens is 150 g/mol. The SMILES string of the molecule is CCNCC(CC)OCC(C)C. The van der Waals surface area contributed by atoms with E-state index in [1.54, 1.807) is 0 Å². The molecule has 0 aromatic heterocycles. The summed E-state index contributed by atoms with van der Waals surface area (Å²) >= 11 is 0. The molecule has 0 spiro atoms. The van der Waals surface area contributed by atoms with Gasteiger partial charge in [0, 0.05) is 13.2 Å². The maximum Gasteiger partial charge on any atom is 0.0696 e. The third-order valence-corrected chi connectivity index (χ3v) is 1.74. The maximum absolute atomic E-state index is 5.69. The van der Waals surface area contributed by atoms with Gasteiger partial charge in [0.1, 0.15) is 0 Å². The van der Waals surface area contributed by atoms with E-state index in [4.69, 9.17) is 4.74 Å². The fourth-order valence-electron chi connectivity index (χ4n) is 0.955. The van der Waals surface area contributed by atoms with Gasteiger partial charge in [-0.1, -0.05) is 27.7 Å².